The van der Waals surface area contributed by atoms with E-state index < -0.39 is 31.2 Å². The molecule has 0 heterocycles. The molecule has 8 nitrogen and oxygen atoms in total. The summed E-state index contributed by atoms with van der Waals surface area (Å²) >= 11 is 0. The molecule has 0 aromatic rings. The average molecular weight is 494 g/mol. The molecule has 0 saturated carbocycles. The van der Waals surface area contributed by atoms with Crippen molar-refractivity contribution in [1.29, 1.82) is 0 Å². The summed E-state index contributed by atoms with van der Waals surface area (Å²) in [5, 5.41) is 9.76. The van der Waals surface area contributed by atoms with Crippen molar-refractivity contribution in [2.45, 2.75) is 130 Å². The summed E-state index contributed by atoms with van der Waals surface area (Å²) in [6, 6.07) is 0. The van der Waals surface area contributed by atoms with Crippen LogP contribution in [0, 0.1) is 0 Å². The van der Waals surface area contributed by atoms with E-state index in [9.17, 15) is 24.3 Å². The molecule has 0 spiro atoms. The Bertz CT molecular complexity index is 474. The van der Waals surface area contributed by atoms with E-state index in [0.29, 0.717) is 19.3 Å². The van der Waals surface area contributed by atoms with Crippen molar-refractivity contribution < 1.29 is 67.8 Å². The van der Waals surface area contributed by atoms with Crippen molar-refractivity contribution in [2.24, 2.45) is 0 Å². The van der Waals surface area contributed by atoms with Crippen LogP contribution < -0.4 is 34.7 Å². The third-order valence-electron chi connectivity index (χ3n) is 4.62. The molecule has 0 amide bonds. The van der Waals surface area contributed by atoms with Gasteiger partial charge in [0.1, 0.15) is 0 Å². The van der Waals surface area contributed by atoms with Gasteiger partial charge in [0.15, 0.2) is 0 Å². The van der Waals surface area contributed by atoms with Crippen molar-refractivity contribution in [3.05, 3.63) is 0 Å². The molecule has 0 N–H and O–H groups in total. The van der Waals surface area contributed by atoms with Crippen molar-refractivity contribution in [2.75, 3.05) is 0 Å². The minimum absolute atomic E-state index is 0. The van der Waals surface area contributed by atoms with E-state index in [1.54, 1.807) is 0 Å². The number of hydrogen-bond donors (Lipinski definition) is 0. The maximum atomic E-state index is 11.8. The molecule has 0 saturated heterocycles. The van der Waals surface area contributed by atoms with Crippen LogP contribution >= 0.6 is 0 Å². The van der Waals surface area contributed by atoms with Gasteiger partial charge in [-0.15, -0.1) is 0 Å². The fourth-order valence-corrected chi connectivity index (χ4v) is 2.65. The van der Waals surface area contributed by atoms with Gasteiger partial charge in [-0.25, -0.2) is 0 Å². The van der Waals surface area contributed by atoms with Gasteiger partial charge in [0.25, 0.3) is 17.9 Å². The normalized spacial score (nSPS) is 9.65. The Hall–Kier alpha value is -1.06. The van der Waals surface area contributed by atoms with Gasteiger partial charge in [-0.3, -0.25) is 14.4 Å². The number of hydrogen-bond acceptors (Lipinski definition) is 8. The van der Waals surface area contributed by atoms with Crippen LogP contribution in [0.25, 0.3) is 0 Å². The van der Waals surface area contributed by atoms with Crippen molar-refractivity contribution in [1.82, 2.24) is 0 Å². The van der Waals surface area contributed by atoms with E-state index in [4.69, 9.17) is 14.0 Å². The van der Waals surface area contributed by atoms with Crippen LogP contribution in [-0.2, 0) is 33.1 Å². The summed E-state index contributed by atoms with van der Waals surface area (Å²) in [5.74, 6) is -2.51. The Kier molecular flexibility index (Phi) is 31.1. The fraction of sp³-hybridized carbons (Fsp3) is 0.833. The van der Waals surface area contributed by atoms with E-state index in [1.165, 1.54) is 0 Å². The monoisotopic (exact) mass is 494 g/mol. The molecular weight excluding hydrogens is 450 g/mol. The van der Waals surface area contributed by atoms with Crippen LogP contribution in [0.3, 0.4) is 0 Å². The summed E-state index contributed by atoms with van der Waals surface area (Å²) < 4.78 is 15.1. The Morgan fingerprint density at radius 1 is 0.529 bits per heavy atom. The molecule has 0 unspecified atom stereocenters. The van der Waals surface area contributed by atoms with E-state index in [2.05, 4.69) is 0 Å². The summed E-state index contributed by atoms with van der Waals surface area (Å²) in [6.07, 6.45) is 11.4. The number of carbonyl (C=O) groups is 4. The van der Waals surface area contributed by atoms with Gasteiger partial charge in [0, 0.05) is 25.2 Å². The first-order valence-electron chi connectivity index (χ1n) is 12.6. The fourth-order valence-electron chi connectivity index (χ4n) is 2.65. The topological polar surface area (TPSA) is 119 Å². The number of carbonyl (C=O) groups excluding carboxylic acids is 4. The molecule has 0 radical (unpaired) electrons. The summed E-state index contributed by atoms with van der Waals surface area (Å²) in [6.45, 7) is 8.13. The first-order valence-corrected chi connectivity index (χ1v) is 12.6. The zero-order valence-electron chi connectivity index (χ0n) is 22.2. The first-order chi connectivity index (χ1) is 15.8. The summed E-state index contributed by atoms with van der Waals surface area (Å²) in [5.41, 5.74) is 0. The van der Waals surface area contributed by atoms with Crippen LogP contribution in [-0.4, -0.2) is 31.2 Å². The standard InChI is InChI=1S/C18H33BO6.C6H12O2.Na/c1-4-7-10-13-16(20)23-19(24-17(21)14-11-8-5-2)25-18(22)15-12-9-6-3;1-2-3-4-5-6(7)8;/h4-15H2,1-3H3;2-5H2,1H3,(H,7,8);/q;;+1/p-1. The molecule has 0 bridgehead atoms. The smallest absolute Gasteiger partial charge is 0.550 e. The second-order valence-corrected chi connectivity index (χ2v) is 7.96. The summed E-state index contributed by atoms with van der Waals surface area (Å²) in [7, 11) is -1.57. The van der Waals surface area contributed by atoms with E-state index in [0.717, 1.165) is 57.8 Å². The van der Waals surface area contributed by atoms with E-state index in [1.807, 2.05) is 27.7 Å². The Morgan fingerprint density at radius 2 is 0.794 bits per heavy atom. The maximum Gasteiger partial charge on any atom is 1.00 e. The molecule has 0 aliphatic carbocycles. The second kappa shape index (κ2) is 28.2. The first kappa shape index (κ1) is 37.5. The molecule has 0 atom stereocenters. The second-order valence-electron chi connectivity index (χ2n) is 7.96. The molecule has 0 fully saturated rings. The van der Waals surface area contributed by atoms with Crippen LogP contribution in [0.1, 0.15) is 130 Å². The molecule has 0 aliphatic heterocycles. The SMILES string of the molecule is CCCCCC(=O)OB(OC(=O)CCCCC)OC(=O)CCCCC.CCCCCC(=O)[O-].[Na+]. The third-order valence-corrected chi connectivity index (χ3v) is 4.62. The molecule has 192 valence electrons. The molecule has 0 rings (SSSR count). The zero-order valence-corrected chi connectivity index (χ0v) is 24.2. The van der Waals surface area contributed by atoms with Gasteiger partial charge in [-0.05, 0) is 32.1 Å². The van der Waals surface area contributed by atoms with Crippen LogP contribution in [0.5, 0.6) is 0 Å². The summed E-state index contributed by atoms with van der Waals surface area (Å²) in [4.78, 5) is 45.2. The van der Waals surface area contributed by atoms with Crippen LogP contribution in [0.2, 0.25) is 0 Å². The predicted octanol–water partition coefficient (Wildman–Crippen LogP) is 1.66. The average Bonchev–Trinajstić information content (AvgIpc) is 2.74. The predicted molar refractivity (Wildman–Crippen MR) is 126 cm³/mol. The van der Waals surface area contributed by atoms with Gasteiger partial charge >= 0.3 is 36.9 Å². The number of carboxylic acid groups (broad SMARTS) is 1. The zero-order chi connectivity index (χ0) is 25.3. The van der Waals surface area contributed by atoms with Crippen molar-refractivity contribution in [3.63, 3.8) is 0 Å². The van der Waals surface area contributed by atoms with Crippen LogP contribution in [0.15, 0.2) is 0 Å². The minimum Gasteiger partial charge on any atom is -0.550 e. The van der Waals surface area contributed by atoms with Crippen LogP contribution in [0.4, 0.5) is 0 Å². The van der Waals surface area contributed by atoms with Crippen molar-refractivity contribution in [3.8, 4) is 0 Å². The molecule has 34 heavy (non-hydrogen) atoms. The number of aliphatic carboxylic acids is 1. The molecule has 10 heteroatoms. The van der Waals surface area contributed by atoms with E-state index in [-0.39, 0.29) is 55.2 Å². The third kappa shape index (κ3) is 29.0. The van der Waals surface area contributed by atoms with Gasteiger partial charge in [-0.2, -0.15) is 0 Å². The van der Waals surface area contributed by atoms with Gasteiger partial charge in [0.2, 0.25) is 0 Å². The number of rotatable bonds is 19. The number of unbranched alkanes of at least 4 members (excludes halogenated alkanes) is 8. The van der Waals surface area contributed by atoms with Crippen molar-refractivity contribution >= 4 is 31.2 Å². The maximum absolute atomic E-state index is 11.8. The molecular formula is C24H44BNaO8. The molecule has 0 aliphatic rings. The van der Waals surface area contributed by atoms with Gasteiger partial charge in [0.05, 0.1) is 0 Å². The Labute approximate surface area is 228 Å². The quantitative estimate of drug-likeness (QED) is 0.197. The Balaban J connectivity index is -0.000000910. The van der Waals surface area contributed by atoms with Gasteiger partial charge in [-0.1, -0.05) is 79.1 Å². The van der Waals surface area contributed by atoms with Gasteiger partial charge < -0.3 is 23.9 Å². The minimum atomic E-state index is -1.57. The number of carboxylic acids is 1. The van der Waals surface area contributed by atoms with E-state index >= 15 is 0 Å². The Morgan fingerprint density at radius 3 is 1.03 bits per heavy atom. The molecule has 0 aromatic heterocycles. The molecule has 0 aromatic carbocycles. The largest absolute Gasteiger partial charge is 1.00 e.